The second-order valence-electron chi connectivity index (χ2n) is 5.04. The van der Waals surface area contributed by atoms with Crippen molar-refractivity contribution in [3.63, 3.8) is 0 Å². The van der Waals surface area contributed by atoms with E-state index >= 15 is 0 Å². The van der Waals surface area contributed by atoms with Crippen molar-refractivity contribution in [3.05, 3.63) is 46.2 Å². The Kier molecular flexibility index (Phi) is 4.39. The molecule has 1 heterocycles. The molecule has 0 amide bonds. The lowest BCUT2D eigenvalue weighted by Gasteiger charge is -2.10. The number of carboxylic acids is 1. The van der Waals surface area contributed by atoms with Crippen LogP contribution in [0.4, 0.5) is 0 Å². The van der Waals surface area contributed by atoms with E-state index in [1.807, 2.05) is 32.0 Å². The lowest BCUT2D eigenvalue weighted by atomic mass is 10.1. The molecule has 0 saturated heterocycles. The Morgan fingerprint density at radius 3 is 2.70 bits per heavy atom. The minimum atomic E-state index is -1.05. The third kappa shape index (κ3) is 3.17. The van der Waals surface area contributed by atoms with Crippen LogP contribution in [0, 0.1) is 5.92 Å². The molecule has 0 fully saturated rings. The number of hydrogen-bond donors (Lipinski definition) is 1. The third-order valence-corrected chi connectivity index (χ3v) is 3.29. The minimum Gasteiger partial charge on any atom is -0.476 e. The van der Waals surface area contributed by atoms with E-state index in [4.69, 9.17) is 11.6 Å². The number of benzene rings is 1. The topological polar surface area (TPSA) is 68.0 Å². The average Bonchev–Trinajstić information content (AvgIpc) is 2.75. The molecule has 20 heavy (non-hydrogen) atoms. The number of nitrogens with zero attached hydrogens (tertiary/aromatic N) is 3. The van der Waals surface area contributed by atoms with Crippen LogP contribution in [0.1, 0.15) is 35.6 Å². The van der Waals surface area contributed by atoms with Gasteiger partial charge in [0.15, 0.2) is 5.69 Å². The van der Waals surface area contributed by atoms with Crippen molar-refractivity contribution >= 4 is 17.6 Å². The van der Waals surface area contributed by atoms with E-state index < -0.39 is 5.97 Å². The molecule has 6 heteroatoms. The Hall–Kier alpha value is -1.88. The van der Waals surface area contributed by atoms with Crippen LogP contribution in [-0.2, 0) is 13.0 Å². The maximum absolute atomic E-state index is 11.2. The summed E-state index contributed by atoms with van der Waals surface area (Å²) in [5.41, 5.74) is 1.54. The van der Waals surface area contributed by atoms with E-state index in [0.29, 0.717) is 29.6 Å². The summed E-state index contributed by atoms with van der Waals surface area (Å²) < 4.78 is 1.62. The molecule has 0 bridgehead atoms. The summed E-state index contributed by atoms with van der Waals surface area (Å²) in [5, 5.41) is 17.5. The van der Waals surface area contributed by atoms with Crippen LogP contribution in [-0.4, -0.2) is 26.1 Å². The van der Waals surface area contributed by atoms with Crippen molar-refractivity contribution in [2.45, 2.75) is 26.8 Å². The molecule has 0 aliphatic heterocycles. The first-order chi connectivity index (χ1) is 9.49. The molecule has 106 valence electrons. The molecular formula is C14H16ClN3O2. The van der Waals surface area contributed by atoms with Crippen molar-refractivity contribution in [2.24, 2.45) is 5.92 Å². The van der Waals surface area contributed by atoms with E-state index in [-0.39, 0.29) is 5.69 Å². The first-order valence-electron chi connectivity index (χ1n) is 6.38. The van der Waals surface area contributed by atoms with Gasteiger partial charge in [-0.05, 0) is 24.0 Å². The number of carbonyl (C=O) groups is 1. The van der Waals surface area contributed by atoms with Crippen LogP contribution in [0.25, 0.3) is 0 Å². The summed E-state index contributed by atoms with van der Waals surface area (Å²) in [4.78, 5) is 11.2. The van der Waals surface area contributed by atoms with Crippen molar-refractivity contribution in [3.8, 4) is 0 Å². The number of rotatable bonds is 5. The first kappa shape index (κ1) is 14.5. The Bertz CT molecular complexity index is 623. The number of carboxylic acid groups (broad SMARTS) is 1. The van der Waals surface area contributed by atoms with E-state index in [9.17, 15) is 9.90 Å². The highest BCUT2D eigenvalue weighted by molar-refractivity contribution is 6.31. The minimum absolute atomic E-state index is 0.0192. The largest absolute Gasteiger partial charge is 0.476 e. The van der Waals surface area contributed by atoms with Gasteiger partial charge in [-0.3, -0.25) is 0 Å². The highest BCUT2D eigenvalue weighted by Gasteiger charge is 2.20. The Morgan fingerprint density at radius 2 is 2.10 bits per heavy atom. The lowest BCUT2D eigenvalue weighted by molar-refractivity contribution is 0.0689. The zero-order chi connectivity index (χ0) is 14.7. The molecule has 0 atom stereocenters. The van der Waals surface area contributed by atoms with E-state index in [1.54, 1.807) is 10.7 Å². The van der Waals surface area contributed by atoms with Gasteiger partial charge in [0.1, 0.15) is 0 Å². The molecule has 0 saturated carbocycles. The van der Waals surface area contributed by atoms with Gasteiger partial charge in [-0.1, -0.05) is 48.9 Å². The number of halogens is 1. The predicted octanol–water partition coefficient (Wildman–Crippen LogP) is 2.88. The van der Waals surface area contributed by atoms with Crippen molar-refractivity contribution < 1.29 is 9.90 Å². The zero-order valence-electron chi connectivity index (χ0n) is 11.4. The van der Waals surface area contributed by atoms with Gasteiger partial charge in [0.05, 0.1) is 12.2 Å². The molecule has 1 N–H and O–H groups in total. The smallest absolute Gasteiger partial charge is 0.358 e. The first-order valence-corrected chi connectivity index (χ1v) is 6.76. The van der Waals surface area contributed by atoms with Crippen LogP contribution in [0.2, 0.25) is 5.02 Å². The van der Waals surface area contributed by atoms with Gasteiger partial charge < -0.3 is 5.11 Å². The summed E-state index contributed by atoms with van der Waals surface area (Å²) in [6.45, 7) is 4.47. The summed E-state index contributed by atoms with van der Waals surface area (Å²) in [7, 11) is 0. The standard InChI is InChI=1S/C14H16ClN3O2/c1-9(2)7-12-13(14(19)20)16-17-18(12)8-10-5-3-4-6-11(10)15/h3-6,9H,7-8H2,1-2H3,(H,19,20). The highest BCUT2D eigenvalue weighted by atomic mass is 35.5. The normalized spacial score (nSPS) is 11.0. The second-order valence-corrected chi connectivity index (χ2v) is 5.44. The molecular weight excluding hydrogens is 278 g/mol. The lowest BCUT2D eigenvalue weighted by Crippen LogP contribution is -2.12. The van der Waals surface area contributed by atoms with Gasteiger partial charge in [0.25, 0.3) is 0 Å². The maximum atomic E-state index is 11.2. The summed E-state index contributed by atoms with van der Waals surface area (Å²) in [6.07, 6.45) is 0.610. The molecule has 1 aromatic carbocycles. The van der Waals surface area contributed by atoms with Crippen LogP contribution in [0.3, 0.4) is 0 Å². The fourth-order valence-corrected chi connectivity index (χ4v) is 2.20. The van der Waals surface area contributed by atoms with Gasteiger partial charge in [0.2, 0.25) is 0 Å². The zero-order valence-corrected chi connectivity index (χ0v) is 12.1. The number of hydrogen-bond acceptors (Lipinski definition) is 3. The van der Waals surface area contributed by atoms with Gasteiger partial charge in [-0.25, -0.2) is 9.48 Å². The van der Waals surface area contributed by atoms with Crippen LogP contribution in [0.5, 0.6) is 0 Å². The quantitative estimate of drug-likeness (QED) is 0.920. The summed E-state index contributed by atoms with van der Waals surface area (Å²) >= 11 is 6.12. The molecule has 5 nitrogen and oxygen atoms in total. The summed E-state index contributed by atoms with van der Waals surface area (Å²) in [6, 6.07) is 7.43. The van der Waals surface area contributed by atoms with Gasteiger partial charge in [-0.15, -0.1) is 5.10 Å². The van der Waals surface area contributed by atoms with Crippen molar-refractivity contribution in [1.29, 1.82) is 0 Å². The molecule has 2 aromatic rings. The molecule has 2 rings (SSSR count). The molecule has 0 radical (unpaired) electrons. The molecule has 0 unspecified atom stereocenters. The molecule has 1 aromatic heterocycles. The van der Waals surface area contributed by atoms with Crippen molar-refractivity contribution in [2.75, 3.05) is 0 Å². The Morgan fingerprint density at radius 1 is 1.40 bits per heavy atom. The maximum Gasteiger partial charge on any atom is 0.358 e. The fraction of sp³-hybridized carbons (Fsp3) is 0.357. The van der Waals surface area contributed by atoms with E-state index in [2.05, 4.69) is 10.3 Å². The molecule has 0 aliphatic carbocycles. The van der Waals surface area contributed by atoms with Crippen LogP contribution < -0.4 is 0 Å². The molecule has 0 spiro atoms. The third-order valence-electron chi connectivity index (χ3n) is 2.92. The van der Waals surface area contributed by atoms with E-state index in [1.165, 1.54) is 0 Å². The predicted molar refractivity (Wildman–Crippen MR) is 76.1 cm³/mol. The van der Waals surface area contributed by atoms with Crippen molar-refractivity contribution in [1.82, 2.24) is 15.0 Å². The van der Waals surface area contributed by atoms with Gasteiger partial charge in [0, 0.05) is 5.02 Å². The van der Waals surface area contributed by atoms with Crippen LogP contribution >= 0.6 is 11.6 Å². The highest BCUT2D eigenvalue weighted by Crippen LogP contribution is 2.18. The Balaban J connectivity index is 2.36. The van der Waals surface area contributed by atoms with Gasteiger partial charge >= 0.3 is 5.97 Å². The second kappa shape index (κ2) is 6.05. The monoisotopic (exact) mass is 293 g/mol. The molecule has 0 aliphatic rings. The Labute approximate surface area is 122 Å². The average molecular weight is 294 g/mol. The summed E-state index contributed by atoms with van der Waals surface area (Å²) in [5.74, 6) is -0.734. The number of aromatic nitrogens is 3. The van der Waals surface area contributed by atoms with E-state index in [0.717, 1.165) is 5.56 Å². The van der Waals surface area contributed by atoms with Gasteiger partial charge in [-0.2, -0.15) is 0 Å². The SMILES string of the molecule is CC(C)Cc1c(C(=O)O)nnn1Cc1ccccc1Cl. The fourth-order valence-electron chi connectivity index (χ4n) is 2.00. The van der Waals surface area contributed by atoms with Crippen LogP contribution in [0.15, 0.2) is 24.3 Å². The number of aromatic carboxylic acids is 1.